The first-order chi connectivity index (χ1) is 26.2. The molecule has 1 heterocycles. The van der Waals surface area contributed by atoms with E-state index >= 15 is 0 Å². The number of rotatable bonds is 35. The van der Waals surface area contributed by atoms with Crippen LogP contribution in [-0.2, 0) is 14.3 Å². The number of aliphatic hydroxyl groups is 7. The summed E-state index contributed by atoms with van der Waals surface area (Å²) in [5, 5.41) is 75.2. The third-order valence-corrected chi connectivity index (χ3v) is 10.5. The number of ether oxygens (including phenoxy) is 2. The van der Waals surface area contributed by atoms with Crippen LogP contribution in [0.15, 0.2) is 24.3 Å². The van der Waals surface area contributed by atoms with Crippen LogP contribution in [0.2, 0.25) is 0 Å². The molecule has 1 aliphatic heterocycles. The van der Waals surface area contributed by atoms with Crippen molar-refractivity contribution < 1.29 is 50.0 Å². The summed E-state index contributed by atoms with van der Waals surface area (Å²) < 4.78 is 11.0. The molecule has 54 heavy (non-hydrogen) atoms. The van der Waals surface area contributed by atoms with Gasteiger partial charge in [-0.05, 0) is 64.2 Å². The molecule has 11 nitrogen and oxygen atoms in total. The zero-order valence-electron chi connectivity index (χ0n) is 34.0. The van der Waals surface area contributed by atoms with Gasteiger partial charge in [0.05, 0.1) is 25.4 Å². The molecule has 9 unspecified atom stereocenters. The lowest BCUT2D eigenvalue weighted by atomic mass is 9.98. The lowest BCUT2D eigenvalue weighted by Gasteiger charge is -2.40. The normalized spacial score (nSPS) is 22.9. The van der Waals surface area contributed by atoms with Gasteiger partial charge in [0, 0.05) is 0 Å². The van der Waals surface area contributed by atoms with E-state index in [4.69, 9.17) is 9.47 Å². The highest BCUT2D eigenvalue weighted by molar-refractivity contribution is 5.80. The summed E-state index contributed by atoms with van der Waals surface area (Å²) in [7, 11) is 0. The number of carbonyl (C=O) groups is 1. The van der Waals surface area contributed by atoms with Crippen molar-refractivity contribution in [2.45, 2.75) is 229 Å². The van der Waals surface area contributed by atoms with Crippen LogP contribution in [0, 0.1) is 0 Å². The fourth-order valence-corrected chi connectivity index (χ4v) is 6.79. The average Bonchev–Trinajstić information content (AvgIpc) is 3.17. The van der Waals surface area contributed by atoms with Crippen LogP contribution in [0.3, 0.4) is 0 Å². The van der Waals surface area contributed by atoms with Crippen LogP contribution >= 0.6 is 0 Å². The Labute approximate surface area is 327 Å². The molecule has 0 bridgehead atoms. The molecule has 0 radical (unpaired) electrons. The van der Waals surface area contributed by atoms with E-state index in [2.05, 4.69) is 43.5 Å². The third kappa shape index (κ3) is 23.6. The van der Waals surface area contributed by atoms with E-state index in [0.29, 0.717) is 12.8 Å². The predicted octanol–water partition coefficient (Wildman–Crippen LogP) is 6.28. The summed E-state index contributed by atoms with van der Waals surface area (Å²) in [5.41, 5.74) is 0. The molecule has 1 fully saturated rings. The largest absolute Gasteiger partial charge is 0.394 e. The van der Waals surface area contributed by atoms with Crippen molar-refractivity contribution in [3.05, 3.63) is 24.3 Å². The maximum Gasteiger partial charge on any atom is 0.249 e. The number of allylic oxidation sites excluding steroid dienone is 4. The summed E-state index contributed by atoms with van der Waals surface area (Å²) in [5.74, 6) is -0.715. The summed E-state index contributed by atoms with van der Waals surface area (Å²) in [4.78, 5) is 13.0. The van der Waals surface area contributed by atoms with Crippen LogP contribution < -0.4 is 5.32 Å². The smallest absolute Gasteiger partial charge is 0.249 e. The molecule has 11 heteroatoms. The number of carbonyl (C=O) groups excluding carboxylic acids is 1. The van der Waals surface area contributed by atoms with Gasteiger partial charge in [0.15, 0.2) is 6.29 Å². The van der Waals surface area contributed by atoms with Crippen LogP contribution in [-0.4, -0.2) is 110 Å². The van der Waals surface area contributed by atoms with Gasteiger partial charge in [0.2, 0.25) is 5.91 Å². The Morgan fingerprint density at radius 2 is 1.09 bits per heavy atom. The van der Waals surface area contributed by atoms with E-state index in [1.54, 1.807) is 0 Å². The van der Waals surface area contributed by atoms with Crippen molar-refractivity contribution >= 4 is 5.91 Å². The Balaban J connectivity index is 2.43. The minimum Gasteiger partial charge on any atom is -0.394 e. The van der Waals surface area contributed by atoms with Crippen molar-refractivity contribution in [2.75, 3.05) is 13.2 Å². The fraction of sp³-hybridized carbons (Fsp3) is 0.884. The molecule has 8 N–H and O–H groups in total. The van der Waals surface area contributed by atoms with Gasteiger partial charge in [0.1, 0.15) is 36.6 Å². The quantitative estimate of drug-likeness (QED) is 0.0269. The Hall–Kier alpha value is -1.41. The summed E-state index contributed by atoms with van der Waals surface area (Å²) in [6.07, 6.45) is 24.0. The van der Waals surface area contributed by atoms with Gasteiger partial charge in [-0.15, -0.1) is 0 Å². The number of aliphatic hydroxyl groups excluding tert-OH is 7. The minimum absolute atomic E-state index is 0.247. The average molecular weight is 772 g/mol. The number of unbranched alkanes of at least 4 members (excludes halogenated alkanes) is 19. The first-order valence-corrected chi connectivity index (χ1v) is 21.7. The second-order valence-electron chi connectivity index (χ2n) is 15.4. The first kappa shape index (κ1) is 50.6. The van der Waals surface area contributed by atoms with Crippen LogP contribution in [0.25, 0.3) is 0 Å². The Bertz CT molecular complexity index is 934. The van der Waals surface area contributed by atoms with Gasteiger partial charge in [0.25, 0.3) is 0 Å². The SMILES string of the molecule is CCCCC/C=C/CCCC(O)C(O)C(COC1OC(CO)C(O)C(O)C1O)NC(=O)C(O)CCCCCCCC/C=C\CCCCCCCCCCC. The van der Waals surface area contributed by atoms with E-state index in [1.807, 2.05) is 0 Å². The highest BCUT2D eigenvalue weighted by atomic mass is 16.7. The molecule has 1 rings (SSSR count). The lowest BCUT2D eigenvalue weighted by molar-refractivity contribution is -0.303. The Kier molecular flexibility index (Phi) is 31.6. The predicted molar refractivity (Wildman–Crippen MR) is 215 cm³/mol. The van der Waals surface area contributed by atoms with Gasteiger partial charge in [-0.3, -0.25) is 4.79 Å². The van der Waals surface area contributed by atoms with Gasteiger partial charge < -0.3 is 50.5 Å². The minimum atomic E-state index is -1.67. The molecule has 1 amide bonds. The van der Waals surface area contributed by atoms with Gasteiger partial charge >= 0.3 is 0 Å². The maximum absolute atomic E-state index is 13.0. The topological polar surface area (TPSA) is 189 Å². The van der Waals surface area contributed by atoms with Crippen molar-refractivity contribution in [2.24, 2.45) is 0 Å². The zero-order valence-corrected chi connectivity index (χ0v) is 34.0. The van der Waals surface area contributed by atoms with Crippen molar-refractivity contribution in [1.29, 1.82) is 0 Å². The van der Waals surface area contributed by atoms with Crippen LogP contribution in [0.1, 0.15) is 174 Å². The molecular weight excluding hydrogens is 690 g/mol. The van der Waals surface area contributed by atoms with E-state index in [0.717, 1.165) is 64.2 Å². The van der Waals surface area contributed by atoms with E-state index < -0.39 is 74.2 Å². The van der Waals surface area contributed by atoms with Crippen molar-refractivity contribution in [3.8, 4) is 0 Å². The van der Waals surface area contributed by atoms with E-state index in [1.165, 1.54) is 70.6 Å². The monoisotopic (exact) mass is 772 g/mol. The highest BCUT2D eigenvalue weighted by Crippen LogP contribution is 2.23. The Morgan fingerprint density at radius 1 is 0.630 bits per heavy atom. The van der Waals surface area contributed by atoms with Crippen molar-refractivity contribution in [3.63, 3.8) is 0 Å². The van der Waals surface area contributed by atoms with E-state index in [-0.39, 0.29) is 12.8 Å². The van der Waals surface area contributed by atoms with Crippen LogP contribution in [0.4, 0.5) is 0 Å². The number of nitrogens with one attached hydrogen (secondary N) is 1. The second-order valence-corrected chi connectivity index (χ2v) is 15.4. The molecule has 1 saturated heterocycles. The van der Waals surface area contributed by atoms with E-state index in [9.17, 15) is 40.5 Å². The molecule has 0 saturated carbocycles. The maximum atomic E-state index is 13.0. The number of hydrogen-bond donors (Lipinski definition) is 8. The molecular formula is C43H81NO10. The molecule has 0 aromatic heterocycles. The number of amides is 1. The first-order valence-electron chi connectivity index (χ1n) is 21.7. The van der Waals surface area contributed by atoms with Crippen molar-refractivity contribution in [1.82, 2.24) is 5.32 Å². The van der Waals surface area contributed by atoms with Gasteiger partial charge in [-0.1, -0.05) is 134 Å². The fourth-order valence-electron chi connectivity index (χ4n) is 6.79. The molecule has 1 aliphatic rings. The lowest BCUT2D eigenvalue weighted by Crippen LogP contribution is -2.60. The Morgan fingerprint density at radius 3 is 1.63 bits per heavy atom. The van der Waals surface area contributed by atoms with Crippen LogP contribution in [0.5, 0.6) is 0 Å². The molecule has 9 atom stereocenters. The summed E-state index contributed by atoms with van der Waals surface area (Å²) in [6.45, 7) is 3.34. The zero-order chi connectivity index (χ0) is 39.8. The molecule has 0 aliphatic carbocycles. The standard InChI is InChI=1S/C43H81NO10/c1-3-5-7-9-11-13-14-15-16-17-18-19-20-21-22-23-25-27-29-31-36(47)42(52)44-34(33-53-43-41(51)40(50)39(49)37(32-45)54-43)38(48)35(46)30-28-26-24-12-10-8-6-4-2/h12,18-19,24,34-41,43,45-51H,3-11,13-17,20-23,25-33H2,1-2H3,(H,44,52)/b19-18-,24-12+. The second kappa shape index (κ2) is 33.7. The highest BCUT2D eigenvalue weighted by Gasteiger charge is 2.44. The molecule has 0 aromatic carbocycles. The number of hydrogen-bond acceptors (Lipinski definition) is 10. The van der Waals surface area contributed by atoms with Gasteiger partial charge in [-0.25, -0.2) is 0 Å². The molecule has 0 spiro atoms. The molecule has 0 aromatic rings. The summed E-state index contributed by atoms with van der Waals surface area (Å²) >= 11 is 0. The van der Waals surface area contributed by atoms with Gasteiger partial charge in [-0.2, -0.15) is 0 Å². The molecule has 318 valence electrons. The summed E-state index contributed by atoms with van der Waals surface area (Å²) in [6, 6.07) is -1.18. The third-order valence-electron chi connectivity index (χ3n) is 10.5.